The average molecular weight is 369 g/mol. The SMILES string of the molecule is Cc1cc(C)cc(OCC(=O)OCC(=O)Nc2ccc(C(C)(C)C)cc2)c1. The topological polar surface area (TPSA) is 64.6 Å². The van der Waals surface area contributed by atoms with Gasteiger partial charge in [-0.25, -0.2) is 4.79 Å². The van der Waals surface area contributed by atoms with Crippen LogP contribution in [0.5, 0.6) is 5.75 Å². The highest BCUT2D eigenvalue weighted by atomic mass is 16.6. The maximum absolute atomic E-state index is 11.9. The zero-order chi connectivity index (χ0) is 20.0. The molecule has 2 rings (SSSR count). The molecule has 0 saturated carbocycles. The van der Waals surface area contributed by atoms with Gasteiger partial charge in [0.1, 0.15) is 5.75 Å². The van der Waals surface area contributed by atoms with Crippen molar-refractivity contribution in [2.45, 2.75) is 40.0 Å². The summed E-state index contributed by atoms with van der Waals surface area (Å²) in [5, 5.41) is 2.71. The summed E-state index contributed by atoms with van der Waals surface area (Å²) in [5.41, 5.74) is 3.99. The minimum absolute atomic E-state index is 0.0495. The maximum Gasteiger partial charge on any atom is 0.344 e. The van der Waals surface area contributed by atoms with E-state index in [4.69, 9.17) is 9.47 Å². The molecule has 2 aromatic carbocycles. The van der Waals surface area contributed by atoms with Crippen LogP contribution in [0.15, 0.2) is 42.5 Å². The van der Waals surface area contributed by atoms with Crippen LogP contribution in [0.4, 0.5) is 5.69 Å². The Morgan fingerprint density at radius 2 is 1.52 bits per heavy atom. The lowest BCUT2D eigenvalue weighted by molar-refractivity contribution is -0.149. The van der Waals surface area contributed by atoms with Gasteiger partial charge in [0.15, 0.2) is 13.2 Å². The molecule has 0 spiro atoms. The second-order valence-corrected chi connectivity index (χ2v) is 7.65. The molecule has 1 N–H and O–H groups in total. The highest BCUT2D eigenvalue weighted by molar-refractivity contribution is 5.92. The van der Waals surface area contributed by atoms with E-state index in [1.54, 1.807) is 0 Å². The van der Waals surface area contributed by atoms with E-state index < -0.39 is 11.9 Å². The highest BCUT2D eigenvalue weighted by Gasteiger charge is 2.14. The lowest BCUT2D eigenvalue weighted by Gasteiger charge is -2.19. The quantitative estimate of drug-likeness (QED) is 0.777. The Morgan fingerprint density at radius 1 is 0.926 bits per heavy atom. The van der Waals surface area contributed by atoms with Crippen LogP contribution in [-0.2, 0) is 19.7 Å². The summed E-state index contributed by atoms with van der Waals surface area (Å²) in [6.45, 7) is 9.69. The molecule has 144 valence electrons. The number of esters is 1. The second kappa shape index (κ2) is 8.71. The van der Waals surface area contributed by atoms with Crippen LogP contribution in [0.1, 0.15) is 37.5 Å². The second-order valence-electron chi connectivity index (χ2n) is 7.65. The number of carbonyl (C=O) groups excluding carboxylic acids is 2. The Bertz CT molecular complexity index is 784. The summed E-state index contributed by atoms with van der Waals surface area (Å²) in [4.78, 5) is 23.7. The third-order valence-electron chi connectivity index (χ3n) is 3.95. The van der Waals surface area contributed by atoms with E-state index in [9.17, 15) is 9.59 Å². The third-order valence-corrected chi connectivity index (χ3v) is 3.95. The summed E-state index contributed by atoms with van der Waals surface area (Å²) in [5.74, 6) is -0.376. The number of anilines is 1. The summed E-state index contributed by atoms with van der Waals surface area (Å²) in [6.07, 6.45) is 0. The van der Waals surface area contributed by atoms with Crippen molar-refractivity contribution < 1.29 is 19.1 Å². The molecule has 0 aromatic heterocycles. The number of nitrogens with one attached hydrogen (secondary N) is 1. The van der Waals surface area contributed by atoms with E-state index in [1.807, 2.05) is 56.3 Å². The van der Waals surface area contributed by atoms with Gasteiger partial charge in [0.05, 0.1) is 0 Å². The van der Waals surface area contributed by atoms with Crippen molar-refractivity contribution in [2.75, 3.05) is 18.5 Å². The van der Waals surface area contributed by atoms with Gasteiger partial charge in [-0.1, -0.05) is 39.0 Å². The molecule has 0 aliphatic rings. The molecule has 5 nitrogen and oxygen atoms in total. The number of amides is 1. The fraction of sp³-hybridized carbons (Fsp3) is 0.364. The molecule has 1 amide bonds. The first kappa shape index (κ1) is 20.5. The Morgan fingerprint density at radius 3 is 2.07 bits per heavy atom. The average Bonchev–Trinajstić information content (AvgIpc) is 2.57. The number of benzene rings is 2. The van der Waals surface area contributed by atoms with Crippen LogP contribution in [0.25, 0.3) is 0 Å². The number of carbonyl (C=O) groups is 2. The molecule has 5 heteroatoms. The van der Waals surface area contributed by atoms with Gasteiger partial charge in [0, 0.05) is 5.69 Å². The summed E-state index contributed by atoms with van der Waals surface area (Å²) >= 11 is 0. The monoisotopic (exact) mass is 369 g/mol. The van der Waals surface area contributed by atoms with Crippen LogP contribution >= 0.6 is 0 Å². The number of hydrogen-bond acceptors (Lipinski definition) is 4. The first-order valence-electron chi connectivity index (χ1n) is 8.90. The largest absolute Gasteiger partial charge is 0.482 e. The number of rotatable bonds is 6. The molecule has 0 fully saturated rings. The van der Waals surface area contributed by atoms with Crippen LogP contribution in [-0.4, -0.2) is 25.1 Å². The molecule has 0 radical (unpaired) electrons. The summed E-state index contributed by atoms with van der Waals surface area (Å²) < 4.78 is 10.4. The standard InChI is InChI=1S/C22H27NO4/c1-15-10-16(2)12-19(11-15)26-14-21(25)27-13-20(24)23-18-8-6-17(7-9-18)22(3,4)5/h6-12H,13-14H2,1-5H3,(H,23,24). The molecule has 0 unspecified atom stereocenters. The molecule has 0 aliphatic carbocycles. The van der Waals surface area contributed by atoms with E-state index in [-0.39, 0.29) is 18.6 Å². The van der Waals surface area contributed by atoms with Gasteiger partial charge in [-0.15, -0.1) is 0 Å². The fourth-order valence-electron chi connectivity index (χ4n) is 2.60. The minimum atomic E-state index is -0.590. The van der Waals surface area contributed by atoms with Crippen LogP contribution < -0.4 is 10.1 Å². The zero-order valence-corrected chi connectivity index (χ0v) is 16.6. The van der Waals surface area contributed by atoms with Crippen molar-refractivity contribution in [3.05, 3.63) is 59.2 Å². The number of aryl methyl sites for hydroxylation is 2. The Balaban J connectivity index is 1.77. The van der Waals surface area contributed by atoms with E-state index in [1.165, 1.54) is 5.56 Å². The van der Waals surface area contributed by atoms with Gasteiger partial charge in [0.25, 0.3) is 5.91 Å². The molecule has 2 aromatic rings. The van der Waals surface area contributed by atoms with Crippen LogP contribution in [0, 0.1) is 13.8 Å². The predicted octanol–water partition coefficient (Wildman–Crippen LogP) is 4.16. The molecule has 0 bridgehead atoms. The van der Waals surface area contributed by atoms with Gasteiger partial charge < -0.3 is 14.8 Å². The molecular weight excluding hydrogens is 342 g/mol. The van der Waals surface area contributed by atoms with Gasteiger partial charge >= 0.3 is 5.97 Å². The lowest BCUT2D eigenvalue weighted by Crippen LogP contribution is -2.23. The number of hydrogen-bond donors (Lipinski definition) is 1. The smallest absolute Gasteiger partial charge is 0.344 e. The normalized spacial score (nSPS) is 11.0. The van der Waals surface area contributed by atoms with E-state index in [0.29, 0.717) is 11.4 Å². The van der Waals surface area contributed by atoms with E-state index in [2.05, 4.69) is 26.1 Å². The first-order chi connectivity index (χ1) is 12.6. The Labute approximate surface area is 160 Å². The molecule has 0 aliphatic heterocycles. The maximum atomic E-state index is 11.9. The predicted molar refractivity (Wildman–Crippen MR) is 106 cm³/mol. The molecular formula is C22H27NO4. The molecule has 27 heavy (non-hydrogen) atoms. The Kier molecular flexibility index (Phi) is 6.61. The van der Waals surface area contributed by atoms with E-state index in [0.717, 1.165) is 11.1 Å². The van der Waals surface area contributed by atoms with Crippen molar-refractivity contribution >= 4 is 17.6 Å². The van der Waals surface area contributed by atoms with Crippen molar-refractivity contribution in [2.24, 2.45) is 0 Å². The van der Waals surface area contributed by atoms with Crippen molar-refractivity contribution in [1.82, 2.24) is 0 Å². The fourth-order valence-corrected chi connectivity index (χ4v) is 2.60. The highest BCUT2D eigenvalue weighted by Crippen LogP contribution is 2.23. The van der Waals surface area contributed by atoms with Crippen LogP contribution in [0.3, 0.4) is 0 Å². The van der Waals surface area contributed by atoms with Crippen molar-refractivity contribution in [3.63, 3.8) is 0 Å². The van der Waals surface area contributed by atoms with E-state index >= 15 is 0 Å². The van der Waals surface area contributed by atoms with Gasteiger partial charge in [-0.05, 0) is 60.2 Å². The van der Waals surface area contributed by atoms with Crippen molar-refractivity contribution in [1.29, 1.82) is 0 Å². The zero-order valence-electron chi connectivity index (χ0n) is 16.6. The Hall–Kier alpha value is -2.82. The molecule has 0 atom stereocenters. The molecule has 0 heterocycles. The number of ether oxygens (including phenoxy) is 2. The van der Waals surface area contributed by atoms with Gasteiger partial charge in [0.2, 0.25) is 0 Å². The summed E-state index contributed by atoms with van der Waals surface area (Å²) in [7, 11) is 0. The summed E-state index contributed by atoms with van der Waals surface area (Å²) in [6, 6.07) is 13.3. The van der Waals surface area contributed by atoms with Gasteiger partial charge in [-0.3, -0.25) is 4.79 Å². The third kappa shape index (κ3) is 6.77. The minimum Gasteiger partial charge on any atom is -0.482 e. The molecule has 0 saturated heterocycles. The van der Waals surface area contributed by atoms with Crippen molar-refractivity contribution in [3.8, 4) is 5.75 Å². The lowest BCUT2D eigenvalue weighted by atomic mass is 9.87. The van der Waals surface area contributed by atoms with Gasteiger partial charge in [-0.2, -0.15) is 0 Å². The first-order valence-corrected chi connectivity index (χ1v) is 8.90. The van der Waals surface area contributed by atoms with Crippen LogP contribution in [0.2, 0.25) is 0 Å².